The predicted octanol–water partition coefficient (Wildman–Crippen LogP) is -1.80. The second-order valence-corrected chi connectivity index (χ2v) is 8.77. The molecule has 1 aromatic carbocycles. The van der Waals surface area contributed by atoms with E-state index in [9.17, 15) is 39.0 Å². The van der Waals surface area contributed by atoms with Crippen LogP contribution in [0.1, 0.15) is 38.7 Å². The van der Waals surface area contributed by atoms with Crippen molar-refractivity contribution in [1.82, 2.24) is 16.0 Å². The molecule has 0 fully saturated rings. The summed E-state index contributed by atoms with van der Waals surface area (Å²) in [5, 5.41) is 34.6. The van der Waals surface area contributed by atoms with Crippen LogP contribution in [0.5, 0.6) is 5.75 Å². The van der Waals surface area contributed by atoms with Crippen molar-refractivity contribution in [2.24, 2.45) is 17.4 Å². The molecule has 1 rings (SSSR count). The Morgan fingerprint density at radius 2 is 1.41 bits per heavy atom. The molecular formula is C23H33N5O9. The van der Waals surface area contributed by atoms with Crippen LogP contribution in [0.15, 0.2) is 24.3 Å². The minimum Gasteiger partial charge on any atom is -0.508 e. The number of phenols is 1. The average molecular weight is 524 g/mol. The van der Waals surface area contributed by atoms with Gasteiger partial charge in [0, 0.05) is 12.8 Å². The van der Waals surface area contributed by atoms with Gasteiger partial charge >= 0.3 is 11.9 Å². The number of primary amides is 1. The molecule has 10 N–H and O–H groups in total. The normalized spacial score (nSPS) is 14.1. The summed E-state index contributed by atoms with van der Waals surface area (Å²) in [5.41, 5.74) is 11.4. The van der Waals surface area contributed by atoms with E-state index >= 15 is 0 Å². The Morgan fingerprint density at radius 3 is 1.89 bits per heavy atom. The highest BCUT2D eigenvalue weighted by atomic mass is 16.4. The van der Waals surface area contributed by atoms with Gasteiger partial charge in [-0.2, -0.15) is 0 Å². The molecule has 4 unspecified atom stereocenters. The number of nitrogens with one attached hydrogen (secondary N) is 3. The zero-order chi connectivity index (χ0) is 28.3. The topological polar surface area (TPSA) is 251 Å². The maximum absolute atomic E-state index is 13.1. The average Bonchev–Trinajstić information content (AvgIpc) is 2.80. The van der Waals surface area contributed by atoms with E-state index in [2.05, 4.69) is 16.0 Å². The number of carboxylic acids is 2. The summed E-state index contributed by atoms with van der Waals surface area (Å²) in [6.07, 6.45) is -1.36. The molecule has 14 nitrogen and oxygen atoms in total. The Hall–Kier alpha value is -4.20. The second-order valence-electron chi connectivity index (χ2n) is 8.77. The van der Waals surface area contributed by atoms with Gasteiger partial charge in [0.15, 0.2) is 0 Å². The van der Waals surface area contributed by atoms with Gasteiger partial charge in [-0.15, -0.1) is 0 Å². The number of aromatic hydroxyl groups is 1. The number of phenolic OH excluding ortho intramolecular Hbond substituents is 1. The first kappa shape index (κ1) is 30.8. The van der Waals surface area contributed by atoms with Crippen molar-refractivity contribution in [3.05, 3.63) is 29.8 Å². The van der Waals surface area contributed by atoms with Crippen molar-refractivity contribution in [2.75, 3.05) is 0 Å². The van der Waals surface area contributed by atoms with E-state index in [1.54, 1.807) is 13.8 Å². The third-order valence-corrected chi connectivity index (χ3v) is 5.28. The van der Waals surface area contributed by atoms with Crippen LogP contribution in [0.3, 0.4) is 0 Å². The van der Waals surface area contributed by atoms with E-state index in [-0.39, 0.29) is 25.0 Å². The standard InChI is InChI=1S/C23H33N5O9/c1-11(2)19(23(36)37)28-22(35)16(10-17(25)30)27-21(34)15(9-12-3-5-13(29)6-4-12)26-20(33)14(24)7-8-18(31)32/h3-6,11,14-16,19,29H,7-10,24H2,1-2H3,(H2,25,30)(H,26,33)(H,27,34)(H,28,35)(H,31,32)(H,36,37). The highest BCUT2D eigenvalue weighted by Crippen LogP contribution is 2.12. The lowest BCUT2D eigenvalue weighted by Gasteiger charge is -2.25. The first-order valence-electron chi connectivity index (χ1n) is 11.4. The van der Waals surface area contributed by atoms with Crippen LogP contribution in [0.4, 0.5) is 0 Å². The molecule has 0 aliphatic heterocycles. The number of carboxylic acid groups (broad SMARTS) is 2. The van der Waals surface area contributed by atoms with Crippen LogP contribution in [-0.2, 0) is 35.2 Å². The maximum atomic E-state index is 13.1. The Balaban J connectivity index is 3.14. The Bertz CT molecular complexity index is 997. The first-order chi connectivity index (χ1) is 17.2. The van der Waals surface area contributed by atoms with Crippen LogP contribution in [-0.4, -0.2) is 75.1 Å². The van der Waals surface area contributed by atoms with Gasteiger partial charge < -0.3 is 42.7 Å². The minimum absolute atomic E-state index is 0.0409. The number of benzene rings is 1. The van der Waals surface area contributed by atoms with E-state index in [1.165, 1.54) is 24.3 Å². The molecule has 0 saturated carbocycles. The zero-order valence-corrected chi connectivity index (χ0v) is 20.5. The van der Waals surface area contributed by atoms with Gasteiger partial charge in [-0.05, 0) is 30.0 Å². The van der Waals surface area contributed by atoms with Crippen LogP contribution in [0.2, 0.25) is 0 Å². The molecule has 0 aliphatic carbocycles. The van der Waals surface area contributed by atoms with E-state index in [0.717, 1.165) is 0 Å². The van der Waals surface area contributed by atoms with E-state index in [4.69, 9.17) is 16.6 Å². The molecule has 0 aliphatic rings. The maximum Gasteiger partial charge on any atom is 0.326 e. The smallest absolute Gasteiger partial charge is 0.326 e. The van der Waals surface area contributed by atoms with Gasteiger partial charge in [0.1, 0.15) is 23.9 Å². The molecule has 4 atom stereocenters. The molecule has 14 heteroatoms. The number of hydrogen-bond acceptors (Lipinski definition) is 8. The lowest BCUT2D eigenvalue weighted by molar-refractivity contribution is -0.143. The third-order valence-electron chi connectivity index (χ3n) is 5.28. The first-order valence-corrected chi connectivity index (χ1v) is 11.4. The van der Waals surface area contributed by atoms with Crippen LogP contribution in [0.25, 0.3) is 0 Å². The number of nitrogens with two attached hydrogens (primary N) is 2. The summed E-state index contributed by atoms with van der Waals surface area (Å²) >= 11 is 0. The summed E-state index contributed by atoms with van der Waals surface area (Å²) in [6, 6.07) is 0.234. The lowest BCUT2D eigenvalue weighted by atomic mass is 10.0. The van der Waals surface area contributed by atoms with E-state index in [0.29, 0.717) is 5.56 Å². The fourth-order valence-corrected chi connectivity index (χ4v) is 3.22. The fraction of sp³-hybridized carbons (Fsp3) is 0.478. The Kier molecular flexibility index (Phi) is 12.0. The van der Waals surface area contributed by atoms with Gasteiger partial charge in [-0.3, -0.25) is 24.0 Å². The molecule has 0 radical (unpaired) electrons. The van der Waals surface area contributed by atoms with Crippen molar-refractivity contribution in [1.29, 1.82) is 0 Å². The van der Waals surface area contributed by atoms with Crippen molar-refractivity contribution in [3.8, 4) is 5.75 Å². The molecule has 0 heterocycles. The van der Waals surface area contributed by atoms with Crippen LogP contribution in [0, 0.1) is 5.92 Å². The fourth-order valence-electron chi connectivity index (χ4n) is 3.22. The molecule has 37 heavy (non-hydrogen) atoms. The quantitative estimate of drug-likeness (QED) is 0.128. The molecule has 204 valence electrons. The second kappa shape index (κ2) is 14.4. The summed E-state index contributed by atoms with van der Waals surface area (Å²) in [7, 11) is 0. The molecule has 4 amide bonds. The summed E-state index contributed by atoms with van der Waals surface area (Å²) in [5.74, 6) is -6.70. The molecule has 0 saturated heterocycles. The number of aliphatic carboxylic acids is 2. The van der Waals surface area contributed by atoms with Crippen LogP contribution < -0.4 is 27.4 Å². The van der Waals surface area contributed by atoms with Crippen molar-refractivity contribution in [3.63, 3.8) is 0 Å². The Morgan fingerprint density at radius 1 is 0.865 bits per heavy atom. The zero-order valence-electron chi connectivity index (χ0n) is 20.5. The Labute approximate surface area is 212 Å². The summed E-state index contributed by atoms with van der Waals surface area (Å²) in [6.45, 7) is 3.11. The van der Waals surface area contributed by atoms with Crippen molar-refractivity contribution >= 4 is 35.6 Å². The number of carbonyl (C=O) groups is 6. The molecule has 0 bridgehead atoms. The van der Waals surface area contributed by atoms with Gasteiger partial charge in [0.2, 0.25) is 23.6 Å². The third kappa shape index (κ3) is 10.9. The van der Waals surface area contributed by atoms with Gasteiger partial charge in [0.25, 0.3) is 0 Å². The number of carbonyl (C=O) groups excluding carboxylic acids is 4. The number of rotatable bonds is 15. The van der Waals surface area contributed by atoms with Gasteiger partial charge in [-0.25, -0.2) is 4.79 Å². The van der Waals surface area contributed by atoms with Gasteiger partial charge in [-0.1, -0.05) is 26.0 Å². The molecule has 0 spiro atoms. The molecule has 1 aromatic rings. The van der Waals surface area contributed by atoms with Crippen molar-refractivity contribution < 1.29 is 44.1 Å². The number of hydrogen-bond donors (Lipinski definition) is 8. The van der Waals surface area contributed by atoms with E-state index < -0.39 is 72.1 Å². The molecular weight excluding hydrogens is 490 g/mol. The van der Waals surface area contributed by atoms with E-state index in [1.807, 2.05) is 0 Å². The number of amides is 4. The summed E-state index contributed by atoms with van der Waals surface area (Å²) < 4.78 is 0. The minimum atomic E-state index is -1.55. The molecule has 0 aromatic heterocycles. The van der Waals surface area contributed by atoms with Crippen LogP contribution >= 0.6 is 0 Å². The highest BCUT2D eigenvalue weighted by Gasteiger charge is 2.32. The predicted molar refractivity (Wildman–Crippen MR) is 129 cm³/mol. The SMILES string of the molecule is CC(C)C(NC(=O)C(CC(N)=O)NC(=O)C(Cc1ccc(O)cc1)NC(=O)C(N)CCC(=O)O)C(=O)O. The highest BCUT2D eigenvalue weighted by molar-refractivity contribution is 5.96. The lowest BCUT2D eigenvalue weighted by Crippen LogP contribution is -2.58. The largest absolute Gasteiger partial charge is 0.508 e. The monoisotopic (exact) mass is 523 g/mol. The van der Waals surface area contributed by atoms with Crippen molar-refractivity contribution in [2.45, 2.75) is 63.7 Å². The summed E-state index contributed by atoms with van der Waals surface area (Å²) in [4.78, 5) is 72.2. The van der Waals surface area contributed by atoms with Gasteiger partial charge in [0.05, 0.1) is 12.5 Å².